The van der Waals surface area contributed by atoms with Crippen molar-refractivity contribution in [3.63, 3.8) is 0 Å². The van der Waals surface area contributed by atoms with E-state index < -0.39 is 0 Å². The van der Waals surface area contributed by atoms with Gasteiger partial charge in [0.05, 0.1) is 5.52 Å². The van der Waals surface area contributed by atoms with Crippen molar-refractivity contribution in [3.8, 4) is 0 Å². The predicted molar refractivity (Wildman–Crippen MR) is 108 cm³/mol. The van der Waals surface area contributed by atoms with E-state index in [-0.39, 0.29) is 17.9 Å². The number of nitrogens with zero attached hydrogens (tertiary/aromatic N) is 4. The van der Waals surface area contributed by atoms with Crippen LogP contribution in [0.5, 0.6) is 0 Å². The van der Waals surface area contributed by atoms with Crippen molar-refractivity contribution in [2.24, 2.45) is 0 Å². The summed E-state index contributed by atoms with van der Waals surface area (Å²) in [6.45, 7) is 3.06. The van der Waals surface area contributed by atoms with E-state index in [0.717, 1.165) is 38.8 Å². The number of pyridine rings is 1. The van der Waals surface area contributed by atoms with Crippen LogP contribution in [0.25, 0.3) is 5.52 Å². The molecule has 3 heterocycles. The molecule has 1 aliphatic heterocycles. The van der Waals surface area contributed by atoms with E-state index in [1.165, 1.54) is 12.8 Å². The van der Waals surface area contributed by atoms with E-state index in [1.54, 1.807) is 4.40 Å². The van der Waals surface area contributed by atoms with Gasteiger partial charge in [-0.1, -0.05) is 31.7 Å². The Balaban J connectivity index is 1.59. The first-order valence-electron chi connectivity index (χ1n) is 10.4. The number of amides is 2. The Morgan fingerprint density at radius 2 is 1.75 bits per heavy atom. The normalized spacial score (nSPS) is 19.5. The Kier molecular flexibility index (Phi) is 5.62. The predicted octanol–water partition coefficient (Wildman–Crippen LogP) is 2.17. The van der Waals surface area contributed by atoms with Crippen LogP contribution < -0.4 is 5.32 Å². The maximum Gasteiger partial charge on any atom is 0.290 e. The first-order valence-corrected chi connectivity index (χ1v) is 10.4. The lowest BCUT2D eigenvalue weighted by Crippen LogP contribution is -2.47. The summed E-state index contributed by atoms with van der Waals surface area (Å²) >= 11 is 0. The van der Waals surface area contributed by atoms with Crippen LogP contribution in [0.4, 0.5) is 0 Å². The minimum Gasteiger partial charge on any atom is -0.348 e. The molecular formula is C21H29N5O2. The van der Waals surface area contributed by atoms with E-state index in [2.05, 4.69) is 22.2 Å². The summed E-state index contributed by atoms with van der Waals surface area (Å²) < 4.78 is 1.75. The number of rotatable bonds is 3. The minimum absolute atomic E-state index is 0.109. The monoisotopic (exact) mass is 383 g/mol. The van der Waals surface area contributed by atoms with Gasteiger partial charge >= 0.3 is 0 Å². The van der Waals surface area contributed by atoms with Crippen LogP contribution in [0.15, 0.2) is 24.4 Å². The Morgan fingerprint density at radius 3 is 2.46 bits per heavy atom. The van der Waals surface area contributed by atoms with Gasteiger partial charge in [0.25, 0.3) is 11.8 Å². The first kappa shape index (κ1) is 18.9. The average Bonchev–Trinajstić information content (AvgIpc) is 2.91. The number of likely N-dealkylation sites (N-methyl/N-ethyl adjacent to an activating group) is 1. The number of nitrogens with one attached hydrogen (secondary N) is 1. The molecule has 4 rings (SSSR count). The molecule has 1 saturated carbocycles. The molecule has 2 aliphatic rings. The third kappa shape index (κ3) is 3.90. The largest absolute Gasteiger partial charge is 0.348 e. The highest BCUT2D eigenvalue weighted by Crippen LogP contribution is 2.19. The van der Waals surface area contributed by atoms with E-state index in [1.807, 2.05) is 29.3 Å². The molecule has 28 heavy (non-hydrogen) atoms. The highest BCUT2D eigenvalue weighted by atomic mass is 16.2. The number of carbonyl (C=O) groups is 2. The average molecular weight is 383 g/mol. The van der Waals surface area contributed by atoms with Gasteiger partial charge in [0, 0.05) is 38.4 Å². The van der Waals surface area contributed by atoms with E-state index >= 15 is 0 Å². The summed E-state index contributed by atoms with van der Waals surface area (Å²) in [6, 6.07) is 5.80. The van der Waals surface area contributed by atoms with Crippen LogP contribution in [0.3, 0.4) is 0 Å². The summed E-state index contributed by atoms with van der Waals surface area (Å²) in [6.07, 6.45) is 8.64. The second kappa shape index (κ2) is 8.31. The van der Waals surface area contributed by atoms with Gasteiger partial charge < -0.3 is 15.1 Å². The molecule has 1 aliphatic carbocycles. The van der Waals surface area contributed by atoms with Gasteiger partial charge in [-0.15, -0.1) is 0 Å². The molecular weight excluding hydrogens is 354 g/mol. The second-order valence-electron chi connectivity index (χ2n) is 8.00. The Hall–Kier alpha value is -2.41. The molecule has 0 aromatic carbocycles. The van der Waals surface area contributed by atoms with Gasteiger partial charge in [-0.25, -0.2) is 4.98 Å². The van der Waals surface area contributed by atoms with Crippen molar-refractivity contribution in [2.75, 3.05) is 33.2 Å². The van der Waals surface area contributed by atoms with Gasteiger partial charge in [0.2, 0.25) is 5.82 Å². The van der Waals surface area contributed by atoms with Crippen molar-refractivity contribution in [3.05, 3.63) is 35.9 Å². The molecule has 0 atom stereocenters. The summed E-state index contributed by atoms with van der Waals surface area (Å²) in [5, 5.41) is 3.16. The van der Waals surface area contributed by atoms with Crippen molar-refractivity contribution < 1.29 is 9.59 Å². The van der Waals surface area contributed by atoms with Gasteiger partial charge in [0.15, 0.2) is 5.69 Å². The molecule has 0 unspecified atom stereocenters. The first-order chi connectivity index (χ1) is 13.6. The fraction of sp³-hybridized carbons (Fsp3) is 0.571. The number of hydrogen-bond donors (Lipinski definition) is 1. The summed E-state index contributed by atoms with van der Waals surface area (Å²) in [5.74, 6) is 0.0435. The van der Waals surface area contributed by atoms with Crippen LogP contribution in [-0.4, -0.2) is 70.3 Å². The Morgan fingerprint density at radius 1 is 1.04 bits per heavy atom. The molecule has 0 spiro atoms. The van der Waals surface area contributed by atoms with E-state index in [4.69, 9.17) is 0 Å². The van der Waals surface area contributed by atoms with E-state index in [9.17, 15) is 9.59 Å². The van der Waals surface area contributed by atoms with Crippen LogP contribution in [0, 0.1) is 0 Å². The fourth-order valence-corrected chi connectivity index (χ4v) is 4.18. The summed E-state index contributed by atoms with van der Waals surface area (Å²) in [5.41, 5.74) is 1.04. The third-order valence-electron chi connectivity index (χ3n) is 5.94. The zero-order valence-electron chi connectivity index (χ0n) is 16.6. The highest BCUT2D eigenvalue weighted by Gasteiger charge is 2.27. The van der Waals surface area contributed by atoms with Gasteiger partial charge in [-0.05, 0) is 32.0 Å². The molecule has 0 radical (unpaired) electrons. The molecule has 2 aromatic heterocycles. The van der Waals surface area contributed by atoms with Gasteiger partial charge in [-0.2, -0.15) is 0 Å². The highest BCUT2D eigenvalue weighted by molar-refractivity contribution is 6.02. The smallest absolute Gasteiger partial charge is 0.290 e. The number of piperazine rings is 1. The van der Waals surface area contributed by atoms with Gasteiger partial charge in [-0.3, -0.25) is 14.0 Å². The van der Waals surface area contributed by atoms with Crippen LogP contribution >= 0.6 is 0 Å². The van der Waals surface area contributed by atoms with Crippen molar-refractivity contribution in [2.45, 2.75) is 44.6 Å². The van der Waals surface area contributed by atoms with Gasteiger partial charge in [0.1, 0.15) is 0 Å². The number of carbonyl (C=O) groups excluding carboxylic acids is 2. The lowest BCUT2D eigenvalue weighted by atomic mass is 10.1. The lowest BCUT2D eigenvalue weighted by Gasteiger charge is -2.31. The molecule has 1 saturated heterocycles. The maximum atomic E-state index is 13.1. The molecule has 150 valence electrons. The Bertz CT molecular complexity index is 846. The summed E-state index contributed by atoms with van der Waals surface area (Å²) in [7, 11) is 2.06. The molecule has 0 bridgehead atoms. The molecule has 7 heteroatoms. The molecule has 2 fully saturated rings. The SMILES string of the molecule is CN1CCN(C(=O)c2nc(C(=O)NC3CCCCCC3)c3ccccn23)CC1. The number of fused-ring (bicyclic) bond motifs is 1. The minimum atomic E-state index is -0.173. The standard InChI is InChI=1S/C21H29N5O2/c1-24-12-14-25(15-13-24)21(28)19-23-18(17-10-6-7-11-26(17)19)20(27)22-16-8-4-2-3-5-9-16/h6-7,10-11,16H,2-5,8-9,12-15H2,1H3,(H,22,27). The van der Waals surface area contributed by atoms with Crippen molar-refractivity contribution in [1.29, 1.82) is 0 Å². The van der Waals surface area contributed by atoms with Crippen molar-refractivity contribution in [1.82, 2.24) is 24.5 Å². The van der Waals surface area contributed by atoms with Crippen LogP contribution in [0.1, 0.15) is 59.6 Å². The quantitative estimate of drug-likeness (QED) is 0.825. The second-order valence-corrected chi connectivity index (χ2v) is 8.00. The molecule has 7 nitrogen and oxygen atoms in total. The topological polar surface area (TPSA) is 69.9 Å². The molecule has 1 N–H and O–H groups in total. The van der Waals surface area contributed by atoms with Crippen molar-refractivity contribution >= 4 is 17.3 Å². The van der Waals surface area contributed by atoms with Crippen LogP contribution in [0.2, 0.25) is 0 Å². The maximum absolute atomic E-state index is 13.1. The Labute approximate surface area is 165 Å². The number of hydrogen-bond acceptors (Lipinski definition) is 4. The fourth-order valence-electron chi connectivity index (χ4n) is 4.18. The third-order valence-corrected chi connectivity index (χ3v) is 5.94. The number of imidazole rings is 1. The molecule has 2 aromatic rings. The molecule has 2 amide bonds. The lowest BCUT2D eigenvalue weighted by molar-refractivity contribution is 0.0651. The summed E-state index contributed by atoms with van der Waals surface area (Å²) in [4.78, 5) is 34.6. The zero-order chi connectivity index (χ0) is 19.5. The van der Waals surface area contributed by atoms with Crippen LogP contribution in [-0.2, 0) is 0 Å². The number of aromatic nitrogens is 2. The van der Waals surface area contributed by atoms with E-state index in [0.29, 0.717) is 30.1 Å². The zero-order valence-corrected chi connectivity index (χ0v) is 16.6.